The third kappa shape index (κ3) is 8.64. The highest BCUT2D eigenvalue weighted by Crippen LogP contribution is 2.21. The smallest absolute Gasteiger partial charge is 0.303 e. The number of aryl methyl sites for hydroxylation is 2. The molecule has 1 atom stereocenters. The van der Waals surface area contributed by atoms with E-state index in [0.717, 1.165) is 31.2 Å². The molecule has 0 aliphatic carbocycles. The van der Waals surface area contributed by atoms with Gasteiger partial charge in [0.15, 0.2) is 0 Å². The highest BCUT2D eigenvalue weighted by Gasteiger charge is 2.20. The molecule has 0 amide bonds. The number of carboxylic acid groups (broad SMARTS) is 1. The van der Waals surface area contributed by atoms with Crippen LogP contribution in [0.15, 0.2) is 48.5 Å². The maximum atomic E-state index is 14.3. The second kappa shape index (κ2) is 11.8. The lowest BCUT2D eigenvalue weighted by Gasteiger charge is -2.28. The van der Waals surface area contributed by atoms with Crippen LogP contribution in [0.5, 0.6) is 0 Å². The maximum absolute atomic E-state index is 14.3. The van der Waals surface area contributed by atoms with E-state index in [4.69, 9.17) is 5.11 Å². The van der Waals surface area contributed by atoms with Crippen LogP contribution in [0.25, 0.3) is 0 Å². The third-order valence-electron chi connectivity index (χ3n) is 5.41. The van der Waals surface area contributed by atoms with Gasteiger partial charge in [0.2, 0.25) is 0 Å². The predicted octanol–water partition coefficient (Wildman–Crippen LogP) is 5.05. The first-order valence-corrected chi connectivity index (χ1v) is 10.7. The Balaban J connectivity index is 1.82. The molecule has 2 rings (SSSR count). The number of nitrogens with one attached hydrogen (secondary N) is 1. The molecule has 164 valence electrons. The zero-order valence-corrected chi connectivity index (χ0v) is 18.0. The molecule has 0 aromatic heterocycles. The topological polar surface area (TPSA) is 69.6 Å². The summed E-state index contributed by atoms with van der Waals surface area (Å²) in [5.74, 6) is -1.22. The fourth-order valence-electron chi connectivity index (χ4n) is 3.56. The maximum Gasteiger partial charge on any atom is 0.303 e. The van der Waals surface area contributed by atoms with E-state index in [9.17, 15) is 14.3 Å². The number of unbranched alkanes of at least 4 members (excludes halogenated alkanes) is 1. The van der Waals surface area contributed by atoms with Crippen molar-refractivity contribution >= 4 is 5.97 Å². The average Bonchev–Trinajstić information content (AvgIpc) is 2.71. The molecule has 2 aromatic carbocycles. The van der Waals surface area contributed by atoms with E-state index in [1.807, 2.05) is 18.2 Å². The molecule has 5 heteroatoms. The van der Waals surface area contributed by atoms with Gasteiger partial charge in [-0.25, -0.2) is 4.39 Å². The number of rotatable bonds is 13. The normalized spacial score (nSPS) is 12.7. The van der Waals surface area contributed by atoms with Crippen molar-refractivity contribution in [1.82, 2.24) is 5.32 Å². The van der Waals surface area contributed by atoms with E-state index >= 15 is 0 Å². The molecule has 0 saturated carbocycles. The number of aliphatic hydroxyl groups is 1. The second-order valence-corrected chi connectivity index (χ2v) is 8.58. The minimum Gasteiger partial charge on any atom is -0.481 e. The number of aliphatic hydroxyl groups excluding tert-OH is 1. The molecular formula is C25H34FNO3. The lowest BCUT2D eigenvalue weighted by atomic mass is 9.94. The van der Waals surface area contributed by atoms with Crippen LogP contribution < -0.4 is 5.32 Å². The first-order chi connectivity index (χ1) is 14.3. The molecule has 0 spiro atoms. The van der Waals surface area contributed by atoms with Crippen LogP contribution in [0, 0.1) is 5.82 Å². The lowest BCUT2D eigenvalue weighted by molar-refractivity contribution is -0.137. The predicted molar refractivity (Wildman–Crippen MR) is 118 cm³/mol. The van der Waals surface area contributed by atoms with Crippen molar-refractivity contribution in [2.45, 2.75) is 70.4 Å². The van der Waals surface area contributed by atoms with Crippen LogP contribution in [-0.4, -0.2) is 28.3 Å². The molecule has 0 unspecified atom stereocenters. The Labute approximate surface area is 179 Å². The monoisotopic (exact) mass is 415 g/mol. The summed E-state index contributed by atoms with van der Waals surface area (Å²) in [5.41, 5.74) is 2.35. The van der Waals surface area contributed by atoms with Gasteiger partial charge >= 0.3 is 5.97 Å². The molecule has 30 heavy (non-hydrogen) atoms. The number of hydrogen-bond acceptors (Lipinski definition) is 3. The molecule has 0 heterocycles. The van der Waals surface area contributed by atoms with Crippen LogP contribution in [0.2, 0.25) is 0 Å². The van der Waals surface area contributed by atoms with Crippen molar-refractivity contribution in [3.05, 3.63) is 71.0 Å². The summed E-state index contributed by atoms with van der Waals surface area (Å²) in [5, 5.41) is 22.6. The number of aliphatic carboxylic acids is 1. The quantitative estimate of drug-likeness (QED) is 0.401. The summed E-state index contributed by atoms with van der Waals surface area (Å²) in [6, 6.07) is 15.1. The Morgan fingerprint density at radius 2 is 1.73 bits per heavy atom. The molecule has 2 aromatic rings. The van der Waals surface area contributed by atoms with Gasteiger partial charge in [0.25, 0.3) is 0 Å². The minimum atomic E-state index is -0.933. The Bertz CT molecular complexity index is 792. The second-order valence-electron chi connectivity index (χ2n) is 8.58. The molecule has 4 nitrogen and oxygen atoms in total. The fourth-order valence-corrected chi connectivity index (χ4v) is 3.56. The standard InChI is InChI=1S/C25H34FNO3/c1-25(2,16-8-12-19-9-4-3-5-10-19)27-18-23(28)21-17-20(14-15-22(21)26)11-6-7-13-24(29)30/h3-5,9-10,14-15,17,23,27-28H,6-8,11-13,16,18H2,1-2H3,(H,29,30)/t23-/m1/s1. The van der Waals surface area contributed by atoms with Crippen LogP contribution in [0.3, 0.4) is 0 Å². The SMILES string of the molecule is CC(C)(CCCc1ccccc1)NC[C@@H](O)c1cc(CCCCC(=O)O)ccc1F. The number of β-amino-alcohol motifs (C(OH)–C–C–N with tert-alkyl or cyclic N) is 1. The van der Waals surface area contributed by atoms with Crippen molar-refractivity contribution in [3.8, 4) is 0 Å². The number of halogens is 1. The summed E-state index contributed by atoms with van der Waals surface area (Å²) in [7, 11) is 0. The molecule has 0 radical (unpaired) electrons. The van der Waals surface area contributed by atoms with E-state index in [2.05, 4.69) is 31.3 Å². The molecule has 0 aliphatic heterocycles. The highest BCUT2D eigenvalue weighted by atomic mass is 19.1. The summed E-state index contributed by atoms with van der Waals surface area (Å²) in [6.45, 7) is 4.47. The average molecular weight is 416 g/mol. The van der Waals surface area contributed by atoms with Gasteiger partial charge in [-0.05, 0) is 69.6 Å². The zero-order chi connectivity index (χ0) is 22.0. The molecular weight excluding hydrogens is 381 g/mol. The van der Waals surface area contributed by atoms with Gasteiger partial charge in [0, 0.05) is 24.1 Å². The summed E-state index contributed by atoms with van der Waals surface area (Å²) < 4.78 is 14.3. The van der Waals surface area contributed by atoms with Crippen molar-refractivity contribution in [1.29, 1.82) is 0 Å². The molecule has 0 aliphatic rings. The van der Waals surface area contributed by atoms with Crippen LogP contribution >= 0.6 is 0 Å². The first-order valence-electron chi connectivity index (χ1n) is 10.7. The zero-order valence-electron chi connectivity index (χ0n) is 18.0. The minimum absolute atomic E-state index is 0.139. The largest absolute Gasteiger partial charge is 0.481 e. The Kier molecular flexibility index (Phi) is 9.47. The van der Waals surface area contributed by atoms with Crippen molar-refractivity contribution in [3.63, 3.8) is 0 Å². The van der Waals surface area contributed by atoms with E-state index < -0.39 is 17.9 Å². The highest BCUT2D eigenvalue weighted by molar-refractivity contribution is 5.66. The van der Waals surface area contributed by atoms with Gasteiger partial charge in [-0.15, -0.1) is 0 Å². The van der Waals surface area contributed by atoms with E-state index in [-0.39, 0.29) is 18.5 Å². The van der Waals surface area contributed by atoms with E-state index in [1.165, 1.54) is 11.6 Å². The van der Waals surface area contributed by atoms with Crippen LogP contribution in [0.1, 0.15) is 68.7 Å². The van der Waals surface area contributed by atoms with Gasteiger partial charge in [0.05, 0.1) is 6.10 Å². The summed E-state index contributed by atoms with van der Waals surface area (Å²) in [4.78, 5) is 10.6. The van der Waals surface area contributed by atoms with Crippen molar-refractivity contribution in [2.24, 2.45) is 0 Å². The van der Waals surface area contributed by atoms with Gasteiger partial charge in [-0.2, -0.15) is 0 Å². The Morgan fingerprint density at radius 3 is 2.43 bits per heavy atom. The van der Waals surface area contributed by atoms with Crippen LogP contribution in [-0.2, 0) is 17.6 Å². The lowest BCUT2D eigenvalue weighted by Crippen LogP contribution is -2.41. The first kappa shape index (κ1) is 24.0. The molecule has 0 bridgehead atoms. The Hall–Kier alpha value is -2.24. The van der Waals surface area contributed by atoms with Gasteiger partial charge in [-0.3, -0.25) is 4.79 Å². The number of hydrogen-bond donors (Lipinski definition) is 3. The van der Waals surface area contributed by atoms with E-state index in [0.29, 0.717) is 18.4 Å². The molecule has 0 saturated heterocycles. The summed E-state index contributed by atoms with van der Waals surface area (Å²) in [6.07, 6.45) is 4.17. The number of benzene rings is 2. The van der Waals surface area contributed by atoms with Gasteiger partial charge in [-0.1, -0.05) is 42.5 Å². The van der Waals surface area contributed by atoms with E-state index in [1.54, 1.807) is 12.1 Å². The molecule has 3 N–H and O–H groups in total. The van der Waals surface area contributed by atoms with Gasteiger partial charge < -0.3 is 15.5 Å². The summed E-state index contributed by atoms with van der Waals surface area (Å²) >= 11 is 0. The third-order valence-corrected chi connectivity index (χ3v) is 5.41. The molecule has 0 fully saturated rings. The fraction of sp³-hybridized carbons (Fsp3) is 0.480. The van der Waals surface area contributed by atoms with Crippen molar-refractivity contribution < 1.29 is 19.4 Å². The van der Waals surface area contributed by atoms with Crippen LogP contribution in [0.4, 0.5) is 4.39 Å². The Morgan fingerprint density at radius 1 is 1.03 bits per heavy atom. The number of carbonyl (C=O) groups is 1. The number of carboxylic acids is 1. The van der Waals surface area contributed by atoms with Gasteiger partial charge in [0.1, 0.15) is 5.82 Å². The van der Waals surface area contributed by atoms with Crippen molar-refractivity contribution in [2.75, 3.05) is 6.54 Å².